The predicted octanol–water partition coefficient (Wildman–Crippen LogP) is 14.9. The Morgan fingerprint density at radius 3 is 1.89 bits per heavy atom. The summed E-state index contributed by atoms with van der Waals surface area (Å²) in [6.07, 6.45) is 9.12. The molecule has 3 heterocycles. The number of hydrogen-bond donors (Lipinski definition) is 0. The van der Waals surface area contributed by atoms with Crippen molar-refractivity contribution in [1.82, 2.24) is 9.13 Å². The second kappa shape index (κ2) is 11.9. The van der Waals surface area contributed by atoms with Crippen LogP contribution in [0.1, 0.15) is 12.8 Å². The van der Waals surface area contributed by atoms with Crippen LogP contribution in [0.5, 0.6) is 0 Å². The number of thiophene rings is 1. The van der Waals surface area contributed by atoms with Gasteiger partial charge in [-0.25, -0.2) is 0 Å². The maximum Gasteiger partial charge on any atom is 0.0547 e. The molecule has 1 aliphatic rings. The lowest BCUT2D eigenvalue weighted by molar-refractivity contribution is 1.02. The summed E-state index contributed by atoms with van der Waals surface area (Å²) in [7, 11) is 0. The van der Waals surface area contributed by atoms with Crippen molar-refractivity contribution in [2.24, 2.45) is 0 Å². The molecule has 0 saturated heterocycles. The minimum atomic E-state index is 1.07. The number of rotatable bonds is 4. The van der Waals surface area contributed by atoms with Gasteiger partial charge in [-0.2, -0.15) is 0 Å². The van der Waals surface area contributed by atoms with Crippen molar-refractivity contribution in [3.63, 3.8) is 0 Å². The van der Waals surface area contributed by atoms with Crippen molar-refractivity contribution in [2.75, 3.05) is 0 Å². The van der Waals surface area contributed by atoms with Crippen LogP contribution in [0.4, 0.5) is 0 Å². The zero-order valence-corrected chi connectivity index (χ0v) is 30.9. The molecule has 0 bridgehead atoms. The molecule has 0 fully saturated rings. The molecule has 2 nitrogen and oxygen atoms in total. The quantitative estimate of drug-likeness (QED) is 0.171. The zero-order chi connectivity index (χ0) is 36.0. The fourth-order valence-electron chi connectivity index (χ4n) is 9.29. The molecule has 3 heteroatoms. The van der Waals surface area contributed by atoms with Crippen LogP contribution in [-0.4, -0.2) is 9.13 Å². The molecule has 0 unspecified atom stereocenters. The number of benzene rings is 8. The van der Waals surface area contributed by atoms with E-state index in [1.807, 2.05) is 11.3 Å². The smallest absolute Gasteiger partial charge is 0.0547 e. The van der Waals surface area contributed by atoms with Gasteiger partial charge in [0.15, 0.2) is 0 Å². The summed E-state index contributed by atoms with van der Waals surface area (Å²) in [6, 6.07) is 60.9. The van der Waals surface area contributed by atoms with Crippen molar-refractivity contribution < 1.29 is 0 Å². The van der Waals surface area contributed by atoms with Gasteiger partial charge in [0.25, 0.3) is 0 Å². The monoisotopic (exact) mass is 718 g/mol. The van der Waals surface area contributed by atoms with Crippen molar-refractivity contribution >= 4 is 91.6 Å². The number of allylic oxidation sites excluding steroid dienone is 4. The van der Waals surface area contributed by atoms with Crippen LogP contribution in [0.15, 0.2) is 182 Å². The Kier molecular flexibility index (Phi) is 6.66. The third kappa shape index (κ3) is 4.54. The number of nitrogens with zero attached hydrogens (tertiary/aromatic N) is 2. The second-order valence-corrected chi connectivity index (χ2v) is 15.8. The van der Waals surface area contributed by atoms with Gasteiger partial charge in [-0.15, -0.1) is 11.3 Å². The van der Waals surface area contributed by atoms with Gasteiger partial charge in [0.05, 0.1) is 27.8 Å². The van der Waals surface area contributed by atoms with Crippen molar-refractivity contribution in [3.8, 4) is 27.9 Å². The van der Waals surface area contributed by atoms with E-state index in [2.05, 4.69) is 191 Å². The first-order valence-corrected chi connectivity index (χ1v) is 20.0. The Balaban J connectivity index is 1.05. The van der Waals surface area contributed by atoms with E-state index >= 15 is 0 Å². The van der Waals surface area contributed by atoms with E-state index in [0.29, 0.717) is 0 Å². The van der Waals surface area contributed by atoms with Crippen LogP contribution in [0, 0.1) is 0 Å². The van der Waals surface area contributed by atoms with Gasteiger partial charge in [-0.1, -0.05) is 133 Å². The highest BCUT2D eigenvalue weighted by Crippen LogP contribution is 2.44. The van der Waals surface area contributed by atoms with E-state index < -0.39 is 0 Å². The topological polar surface area (TPSA) is 9.86 Å². The highest BCUT2D eigenvalue weighted by Gasteiger charge is 2.19. The number of para-hydroxylation sites is 2. The number of fused-ring (bicyclic) bond motifs is 10. The van der Waals surface area contributed by atoms with Gasteiger partial charge in [0, 0.05) is 58.4 Å². The molecule has 12 rings (SSSR count). The Morgan fingerprint density at radius 2 is 1.04 bits per heavy atom. The summed E-state index contributed by atoms with van der Waals surface area (Å²) >= 11 is 1.89. The van der Waals surface area contributed by atoms with Crippen LogP contribution in [0.3, 0.4) is 0 Å². The van der Waals surface area contributed by atoms with Crippen LogP contribution in [0.2, 0.25) is 0 Å². The molecular weight excluding hydrogens is 685 g/mol. The summed E-state index contributed by atoms with van der Waals surface area (Å²) in [5.74, 6) is 0. The SMILES string of the molecule is C1=CC(n2c3ccccc3c3ccc(-c4ccc5c(c4)c4ccccc4n5-c4cccc5c(-c6cccc7c6sc6ccccc67)cccc45)cc32)=CCC1. The molecule has 11 aromatic rings. The van der Waals surface area contributed by atoms with E-state index in [1.165, 1.54) is 108 Å². The van der Waals surface area contributed by atoms with Crippen molar-refractivity contribution in [3.05, 3.63) is 182 Å². The molecule has 0 aliphatic heterocycles. The van der Waals surface area contributed by atoms with Gasteiger partial charge >= 0.3 is 0 Å². The van der Waals surface area contributed by atoms with E-state index in [0.717, 1.165) is 12.8 Å². The summed E-state index contributed by atoms with van der Waals surface area (Å²) in [6.45, 7) is 0. The first kappa shape index (κ1) is 30.7. The number of hydrogen-bond acceptors (Lipinski definition) is 1. The van der Waals surface area contributed by atoms with Crippen molar-refractivity contribution in [1.29, 1.82) is 0 Å². The molecule has 258 valence electrons. The zero-order valence-electron chi connectivity index (χ0n) is 30.0. The third-order valence-electron chi connectivity index (χ3n) is 11.7. The molecule has 0 radical (unpaired) electrons. The first-order chi connectivity index (χ1) is 27.3. The largest absolute Gasteiger partial charge is 0.310 e. The second-order valence-electron chi connectivity index (χ2n) is 14.7. The Hall–Kier alpha value is -6.68. The lowest BCUT2D eigenvalue weighted by atomic mass is 9.96. The minimum Gasteiger partial charge on any atom is -0.310 e. The summed E-state index contributed by atoms with van der Waals surface area (Å²) in [5, 5.41) is 10.3. The molecule has 55 heavy (non-hydrogen) atoms. The standard InChI is InChI=1S/C52H34N2S/c1-2-13-35(14-3-1)53-46-23-7-4-15-39(46)41-29-27-34(32-50(41)53)33-28-30-49-45(31-33)40-16-5-8-24-47(40)54(49)48-25-12-19-36-37(18-10-20-38(36)48)43-21-11-22-44-42-17-6-9-26-51(42)55-52(43)44/h2,4-32H,1,3H2. The molecule has 0 spiro atoms. The number of aromatic nitrogens is 2. The van der Waals surface area contributed by atoms with Gasteiger partial charge < -0.3 is 9.13 Å². The molecule has 0 amide bonds. The molecular formula is C52H34N2S. The Bertz CT molecular complexity index is 3440. The summed E-state index contributed by atoms with van der Waals surface area (Å²) in [4.78, 5) is 0. The fourth-order valence-corrected chi connectivity index (χ4v) is 10.5. The van der Waals surface area contributed by atoms with Crippen LogP contribution < -0.4 is 0 Å². The van der Waals surface area contributed by atoms with Crippen LogP contribution in [-0.2, 0) is 0 Å². The average molecular weight is 719 g/mol. The fraction of sp³-hybridized carbons (Fsp3) is 0.0385. The summed E-state index contributed by atoms with van der Waals surface area (Å²) in [5.41, 5.74) is 12.4. The average Bonchev–Trinajstić information content (AvgIpc) is 3.91. The maximum atomic E-state index is 2.48. The van der Waals surface area contributed by atoms with Crippen LogP contribution in [0.25, 0.3) is 108 Å². The molecule has 0 atom stereocenters. The predicted molar refractivity (Wildman–Crippen MR) is 238 cm³/mol. The van der Waals surface area contributed by atoms with E-state index in [-0.39, 0.29) is 0 Å². The molecule has 1 aliphatic carbocycles. The van der Waals surface area contributed by atoms with Gasteiger partial charge in [-0.05, 0) is 83.5 Å². The Labute approximate surface area is 322 Å². The van der Waals surface area contributed by atoms with E-state index in [4.69, 9.17) is 0 Å². The van der Waals surface area contributed by atoms with Gasteiger partial charge in [-0.3, -0.25) is 0 Å². The first-order valence-electron chi connectivity index (χ1n) is 19.2. The summed E-state index contributed by atoms with van der Waals surface area (Å²) < 4.78 is 7.60. The third-order valence-corrected chi connectivity index (χ3v) is 13.0. The maximum absolute atomic E-state index is 2.48. The highest BCUT2D eigenvalue weighted by molar-refractivity contribution is 7.26. The lowest BCUT2D eigenvalue weighted by Gasteiger charge is -2.15. The van der Waals surface area contributed by atoms with Gasteiger partial charge in [0.2, 0.25) is 0 Å². The lowest BCUT2D eigenvalue weighted by Crippen LogP contribution is -1.97. The Morgan fingerprint density at radius 1 is 0.400 bits per heavy atom. The van der Waals surface area contributed by atoms with Crippen LogP contribution >= 0.6 is 11.3 Å². The van der Waals surface area contributed by atoms with Gasteiger partial charge in [0.1, 0.15) is 0 Å². The normalized spacial score (nSPS) is 13.3. The minimum absolute atomic E-state index is 1.07. The van der Waals surface area contributed by atoms with Crippen molar-refractivity contribution in [2.45, 2.75) is 12.8 Å². The van der Waals surface area contributed by atoms with E-state index in [9.17, 15) is 0 Å². The molecule has 0 N–H and O–H groups in total. The highest BCUT2D eigenvalue weighted by atomic mass is 32.1. The molecule has 8 aromatic carbocycles. The van der Waals surface area contributed by atoms with E-state index in [1.54, 1.807) is 0 Å². The molecule has 0 saturated carbocycles. The molecule has 3 aromatic heterocycles.